The van der Waals surface area contributed by atoms with Gasteiger partial charge in [-0.2, -0.15) is 0 Å². The van der Waals surface area contributed by atoms with E-state index in [9.17, 15) is 14.0 Å². The van der Waals surface area contributed by atoms with E-state index in [-0.39, 0.29) is 35.0 Å². The Labute approximate surface area is 167 Å². The van der Waals surface area contributed by atoms with E-state index < -0.39 is 5.82 Å². The van der Waals surface area contributed by atoms with E-state index >= 15 is 0 Å². The highest BCUT2D eigenvalue weighted by atomic mass is 32.2. The van der Waals surface area contributed by atoms with Crippen molar-refractivity contribution in [2.24, 2.45) is 0 Å². The Balaban J connectivity index is 1.82. The summed E-state index contributed by atoms with van der Waals surface area (Å²) in [5.41, 5.74) is 0.911. The van der Waals surface area contributed by atoms with Crippen molar-refractivity contribution in [2.45, 2.75) is 13.0 Å². The molecule has 2 aromatic carbocycles. The second-order valence-corrected chi connectivity index (χ2v) is 6.90. The minimum Gasteiger partial charge on any atom is -0.497 e. The molecule has 0 fully saturated rings. The summed E-state index contributed by atoms with van der Waals surface area (Å²) in [7, 11) is 3.13. The molecule has 0 spiro atoms. The summed E-state index contributed by atoms with van der Waals surface area (Å²) in [6.07, 6.45) is 0. The van der Waals surface area contributed by atoms with Crippen molar-refractivity contribution in [1.82, 2.24) is 5.32 Å². The van der Waals surface area contributed by atoms with Crippen LogP contribution in [0.25, 0.3) is 0 Å². The van der Waals surface area contributed by atoms with Crippen LogP contribution in [0, 0.1) is 5.82 Å². The summed E-state index contributed by atoms with van der Waals surface area (Å²) >= 11 is 1.15. The average molecular weight is 406 g/mol. The van der Waals surface area contributed by atoms with Crippen LogP contribution in [-0.2, 0) is 9.59 Å². The standard InChI is InChI=1S/C20H23FN2O4S/c1-13(15-10-14(26-2)8-9-18(15)27-3)22-19(24)11-28-12-20(25)23-17-7-5-4-6-16(17)21/h4-10,13H,11-12H2,1-3H3,(H,22,24)(H,23,25)/t13-/m0/s1. The van der Waals surface area contributed by atoms with Gasteiger partial charge in [0.1, 0.15) is 17.3 Å². The minimum atomic E-state index is -0.500. The number of halogens is 1. The number of para-hydroxylation sites is 1. The van der Waals surface area contributed by atoms with Gasteiger partial charge in [-0.25, -0.2) is 4.39 Å². The maximum absolute atomic E-state index is 13.5. The molecule has 0 saturated heterocycles. The van der Waals surface area contributed by atoms with Gasteiger partial charge in [-0.05, 0) is 37.3 Å². The molecule has 8 heteroatoms. The number of carbonyl (C=O) groups excluding carboxylic acids is 2. The third-order valence-corrected chi connectivity index (χ3v) is 4.83. The first-order valence-electron chi connectivity index (χ1n) is 8.58. The first kappa shape index (κ1) is 21.6. The van der Waals surface area contributed by atoms with E-state index in [0.717, 1.165) is 17.3 Å². The lowest BCUT2D eigenvalue weighted by Gasteiger charge is -2.18. The largest absolute Gasteiger partial charge is 0.497 e. The number of anilines is 1. The first-order chi connectivity index (χ1) is 13.4. The zero-order valence-electron chi connectivity index (χ0n) is 16.0. The number of hydrogen-bond acceptors (Lipinski definition) is 5. The molecule has 0 radical (unpaired) electrons. The van der Waals surface area contributed by atoms with Gasteiger partial charge >= 0.3 is 0 Å². The van der Waals surface area contributed by atoms with Gasteiger partial charge < -0.3 is 20.1 Å². The number of ether oxygens (including phenoxy) is 2. The molecule has 0 heterocycles. The van der Waals surface area contributed by atoms with E-state index in [1.54, 1.807) is 44.6 Å². The van der Waals surface area contributed by atoms with Crippen LogP contribution in [0.15, 0.2) is 42.5 Å². The van der Waals surface area contributed by atoms with Crippen LogP contribution >= 0.6 is 11.8 Å². The highest BCUT2D eigenvalue weighted by Crippen LogP contribution is 2.29. The van der Waals surface area contributed by atoms with Crippen molar-refractivity contribution in [1.29, 1.82) is 0 Å². The fourth-order valence-electron chi connectivity index (χ4n) is 2.52. The molecule has 0 aliphatic rings. The lowest BCUT2D eigenvalue weighted by molar-refractivity contribution is -0.119. The number of methoxy groups -OCH3 is 2. The summed E-state index contributed by atoms with van der Waals surface area (Å²) in [4.78, 5) is 24.1. The second kappa shape index (κ2) is 10.6. The highest BCUT2D eigenvalue weighted by Gasteiger charge is 2.16. The summed E-state index contributed by atoms with van der Waals surface area (Å²) < 4.78 is 24.1. The molecule has 2 N–H and O–H groups in total. The molecule has 6 nitrogen and oxygen atoms in total. The predicted octanol–water partition coefficient (Wildman–Crippen LogP) is 3.39. The molecule has 0 aliphatic carbocycles. The van der Waals surface area contributed by atoms with Crippen molar-refractivity contribution in [3.8, 4) is 11.5 Å². The Bertz CT molecular complexity index is 832. The number of amides is 2. The molecule has 1 atom stereocenters. The molecule has 150 valence electrons. The number of benzene rings is 2. The molecule has 0 unspecified atom stereocenters. The average Bonchev–Trinajstić information content (AvgIpc) is 2.69. The van der Waals surface area contributed by atoms with Crippen molar-refractivity contribution >= 4 is 29.3 Å². The smallest absolute Gasteiger partial charge is 0.234 e. The quantitative estimate of drug-likeness (QED) is 0.668. The Hall–Kier alpha value is -2.74. The van der Waals surface area contributed by atoms with E-state index in [1.807, 2.05) is 6.92 Å². The molecule has 2 rings (SSSR count). The second-order valence-electron chi connectivity index (χ2n) is 5.92. The third-order valence-electron chi connectivity index (χ3n) is 3.90. The molecule has 2 aromatic rings. The summed E-state index contributed by atoms with van der Waals surface area (Å²) in [6.45, 7) is 1.84. The molecule has 0 aromatic heterocycles. The number of thioether (sulfide) groups is 1. The Morgan fingerprint density at radius 2 is 1.79 bits per heavy atom. The fraction of sp³-hybridized carbons (Fsp3) is 0.300. The predicted molar refractivity (Wildman–Crippen MR) is 108 cm³/mol. The van der Waals surface area contributed by atoms with Gasteiger partial charge in [0, 0.05) is 5.56 Å². The molecule has 0 bridgehead atoms. The summed E-state index contributed by atoms with van der Waals surface area (Å²) in [5, 5.41) is 5.35. The minimum absolute atomic E-state index is 0.0403. The van der Waals surface area contributed by atoms with Crippen LogP contribution in [0.5, 0.6) is 11.5 Å². The first-order valence-corrected chi connectivity index (χ1v) is 9.73. The summed E-state index contributed by atoms with van der Waals surface area (Å²) in [5.74, 6) is 0.354. The lowest BCUT2D eigenvalue weighted by Crippen LogP contribution is -2.29. The number of nitrogens with one attached hydrogen (secondary N) is 2. The maximum atomic E-state index is 13.5. The zero-order chi connectivity index (χ0) is 20.5. The van der Waals surface area contributed by atoms with Crippen molar-refractivity contribution in [2.75, 3.05) is 31.0 Å². The highest BCUT2D eigenvalue weighted by molar-refractivity contribution is 8.00. The van der Waals surface area contributed by atoms with E-state index in [2.05, 4.69) is 10.6 Å². The Morgan fingerprint density at radius 3 is 2.46 bits per heavy atom. The third kappa shape index (κ3) is 6.16. The van der Waals surface area contributed by atoms with E-state index in [1.165, 1.54) is 12.1 Å². The lowest BCUT2D eigenvalue weighted by atomic mass is 10.1. The van der Waals surface area contributed by atoms with Crippen LogP contribution < -0.4 is 20.1 Å². The van der Waals surface area contributed by atoms with Crippen LogP contribution in [0.4, 0.5) is 10.1 Å². The van der Waals surface area contributed by atoms with Gasteiger partial charge in [-0.15, -0.1) is 11.8 Å². The van der Waals surface area contributed by atoms with E-state index in [0.29, 0.717) is 11.5 Å². The molecule has 0 saturated carbocycles. The number of rotatable bonds is 9. The maximum Gasteiger partial charge on any atom is 0.234 e. The van der Waals surface area contributed by atoms with Crippen LogP contribution in [0.2, 0.25) is 0 Å². The molecule has 2 amide bonds. The normalized spacial score (nSPS) is 11.4. The van der Waals surface area contributed by atoms with E-state index in [4.69, 9.17) is 9.47 Å². The monoisotopic (exact) mass is 406 g/mol. The number of carbonyl (C=O) groups is 2. The van der Waals surface area contributed by atoms with Gasteiger partial charge in [0.25, 0.3) is 0 Å². The van der Waals surface area contributed by atoms with Gasteiger partial charge in [-0.3, -0.25) is 9.59 Å². The topological polar surface area (TPSA) is 76.7 Å². The van der Waals surface area contributed by atoms with Crippen LogP contribution in [-0.4, -0.2) is 37.5 Å². The molecule has 28 heavy (non-hydrogen) atoms. The van der Waals surface area contributed by atoms with Gasteiger partial charge in [0.15, 0.2) is 0 Å². The SMILES string of the molecule is COc1ccc(OC)c([C@H](C)NC(=O)CSCC(=O)Nc2ccccc2F)c1. The van der Waals surface area contributed by atoms with Gasteiger partial charge in [-0.1, -0.05) is 12.1 Å². The molecule has 0 aliphatic heterocycles. The molecular formula is C20H23FN2O4S. The number of hydrogen-bond donors (Lipinski definition) is 2. The van der Waals surface area contributed by atoms with Gasteiger partial charge in [0.05, 0.1) is 37.5 Å². The van der Waals surface area contributed by atoms with Crippen molar-refractivity contribution in [3.05, 3.63) is 53.8 Å². The van der Waals surface area contributed by atoms with Crippen LogP contribution in [0.1, 0.15) is 18.5 Å². The van der Waals surface area contributed by atoms with Gasteiger partial charge in [0.2, 0.25) is 11.8 Å². The van der Waals surface area contributed by atoms with Crippen molar-refractivity contribution < 1.29 is 23.5 Å². The summed E-state index contributed by atoms with van der Waals surface area (Å²) in [6, 6.07) is 11.0. The van der Waals surface area contributed by atoms with Crippen LogP contribution in [0.3, 0.4) is 0 Å². The fourth-order valence-corrected chi connectivity index (χ4v) is 3.15. The Kier molecular flexibility index (Phi) is 8.13. The Morgan fingerprint density at radius 1 is 1.07 bits per heavy atom. The molecular weight excluding hydrogens is 383 g/mol. The zero-order valence-corrected chi connectivity index (χ0v) is 16.8. The van der Waals surface area contributed by atoms with Crippen molar-refractivity contribution in [3.63, 3.8) is 0 Å².